The van der Waals surface area contributed by atoms with E-state index in [0.29, 0.717) is 22.4 Å². The van der Waals surface area contributed by atoms with E-state index in [2.05, 4.69) is 29.8 Å². The normalized spacial score (nSPS) is 14.2. The van der Waals surface area contributed by atoms with Crippen LogP contribution in [0.3, 0.4) is 0 Å². The van der Waals surface area contributed by atoms with Crippen LogP contribution in [0.15, 0.2) is 78.8 Å². The Balaban J connectivity index is 1.83. The summed E-state index contributed by atoms with van der Waals surface area (Å²) in [5, 5.41) is 0.624. The minimum Gasteiger partial charge on any atom is -0.497 e. The first-order chi connectivity index (χ1) is 17.1. The number of para-hydroxylation sites is 1. The average molecular weight is 502 g/mol. The van der Waals surface area contributed by atoms with E-state index in [9.17, 15) is 4.79 Å². The molecule has 0 aliphatic heterocycles. The van der Waals surface area contributed by atoms with Crippen LogP contribution in [0.4, 0.5) is 0 Å². The van der Waals surface area contributed by atoms with Crippen LogP contribution in [0.5, 0.6) is 11.5 Å². The van der Waals surface area contributed by atoms with Crippen LogP contribution in [-0.4, -0.2) is 18.1 Å². The van der Waals surface area contributed by atoms with Gasteiger partial charge in [0.25, 0.3) is 0 Å². The quantitative estimate of drug-likeness (QED) is 0.112. The van der Waals surface area contributed by atoms with Gasteiger partial charge in [0, 0.05) is 11.6 Å². The second-order valence-electron chi connectivity index (χ2n) is 8.42. The second-order valence-corrected chi connectivity index (χ2v) is 9.71. The molecule has 0 atom stereocenters. The molecule has 0 unspecified atom stereocenters. The van der Waals surface area contributed by atoms with Crippen molar-refractivity contribution in [3.05, 3.63) is 101 Å². The van der Waals surface area contributed by atoms with Crippen LogP contribution in [0.25, 0.3) is 21.4 Å². The van der Waals surface area contributed by atoms with E-state index < -0.39 is 5.97 Å². The fraction of sp³-hybridized carbons (Fsp3) is 0.172. The van der Waals surface area contributed by atoms with Gasteiger partial charge in [-0.1, -0.05) is 48.9 Å². The highest BCUT2D eigenvalue weighted by molar-refractivity contribution is 7.16. The molecule has 0 saturated heterocycles. The number of methoxy groups -OCH3 is 1. The molecule has 35 heavy (non-hydrogen) atoms. The number of carbonyl (C=O) groups is 1. The van der Waals surface area contributed by atoms with Crippen molar-refractivity contribution >= 4 is 50.3 Å². The van der Waals surface area contributed by atoms with Gasteiger partial charge in [-0.05, 0) is 77.4 Å². The van der Waals surface area contributed by atoms with Crippen molar-refractivity contribution in [2.24, 2.45) is 5.92 Å². The molecule has 6 heteroatoms. The molecule has 5 rings (SSSR count). The summed E-state index contributed by atoms with van der Waals surface area (Å²) in [5.41, 5.74) is 7.69. The zero-order valence-electron chi connectivity index (χ0n) is 19.3. The summed E-state index contributed by atoms with van der Waals surface area (Å²) < 4.78 is 12.2. The van der Waals surface area contributed by atoms with E-state index in [4.69, 9.17) is 21.1 Å². The lowest BCUT2D eigenvalue weighted by atomic mass is 9.73. The number of ether oxygens (including phenoxy) is 2. The van der Waals surface area contributed by atoms with E-state index in [0.717, 1.165) is 57.3 Å². The lowest BCUT2D eigenvalue weighted by Gasteiger charge is -2.32. The van der Waals surface area contributed by atoms with E-state index in [-0.39, 0.29) is 0 Å². The van der Waals surface area contributed by atoms with Gasteiger partial charge in [0.15, 0.2) is 0 Å². The summed E-state index contributed by atoms with van der Waals surface area (Å²) >= 11 is 8.46. The number of nitrogens with zero attached hydrogens (tertiary/aromatic N) is 1. The van der Waals surface area contributed by atoms with Crippen molar-refractivity contribution in [1.29, 1.82) is 0 Å². The fourth-order valence-electron chi connectivity index (χ4n) is 4.48. The highest BCUT2D eigenvalue weighted by atomic mass is 35.5. The molecule has 0 amide bonds. The standard InChI is InChI=1S/C29H24ClNO3S/c1-3-27(32)34-25-10-5-4-9-22(25)29(19-11-14-26-24(15-19)31-17-35-26)28(18-7-6-8-18)21-13-12-20(33-2)16-23(21)30/h3-5,9-18H,1,6-8H2,2H3/b29-28+. The Morgan fingerprint density at radius 1 is 1.11 bits per heavy atom. The van der Waals surface area contributed by atoms with Gasteiger partial charge in [0.05, 0.1) is 27.9 Å². The minimum atomic E-state index is -0.501. The molecule has 1 aromatic heterocycles. The number of aromatic nitrogens is 1. The zero-order valence-corrected chi connectivity index (χ0v) is 20.9. The third kappa shape index (κ3) is 4.62. The van der Waals surface area contributed by atoms with Crippen LogP contribution in [0.2, 0.25) is 5.02 Å². The predicted molar refractivity (Wildman–Crippen MR) is 143 cm³/mol. The number of hydrogen-bond acceptors (Lipinski definition) is 5. The number of carbonyl (C=O) groups excluding carboxylic acids is 1. The Bertz CT molecular complexity index is 1450. The molecule has 0 spiro atoms. The molecule has 1 heterocycles. The molecule has 1 aliphatic rings. The van der Waals surface area contributed by atoms with Crippen molar-refractivity contribution in [2.75, 3.05) is 7.11 Å². The molecule has 3 aromatic carbocycles. The Kier molecular flexibility index (Phi) is 6.71. The summed E-state index contributed by atoms with van der Waals surface area (Å²) in [6.45, 7) is 3.56. The van der Waals surface area contributed by atoms with Crippen molar-refractivity contribution < 1.29 is 14.3 Å². The maximum absolute atomic E-state index is 12.2. The summed E-state index contributed by atoms with van der Waals surface area (Å²) in [6, 6.07) is 19.7. The van der Waals surface area contributed by atoms with Crippen LogP contribution >= 0.6 is 22.9 Å². The molecule has 0 bridgehead atoms. The monoisotopic (exact) mass is 501 g/mol. The Morgan fingerprint density at radius 2 is 1.94 bits per heavy atom. The maximum atomic E-state index is 12.2. The van der Waals surface area contributed by atoms with Gasteiger partial charge in [-0.3, -0.25) is 0 Å². The third-order valence-electron chi connectivity index (χ3n) is 6.40. The topological polar surface area (TPSA) is 48.4 Å². The number of allylic oxidation sites excluding steroid dienone is 1. The molecular formula is C29H24ClNO3S. The predicted octanol–water partition coefficient (Wildman–Crippen LogP) is 7.81. The van der Waals surface area contributed by atoms with Crippen LogP contribution in [0.1, 0.15) is 36.0 Å². The first-order valence-electron chi connectivity index (χ1n) is 11.4. The molecule has 176 valence electrons. The van der Waals surface area contributed by atoms with E-state index in [1.54, 1.807) is 18.4 Å². The molecule has 0 N–H and O–H groups in total. The Labute approximate surface area is 213 Å². The number of esters is 1. The van der Waals surface area contributed by atoms with Crippen molar-refractivity contribution in [3.63, 3.8) is 0 Å². The largest absolute Gasteiger partial charge is 0.497 e. The van der Waals surface area contributed by atoms with Gasteiger partial charge in [-0.25, -0.2) is 9.78 Å². The molecule has 4 nitrogen and oxygen atoms in total. The number of benzene rings is 3. The highest BCUT2D eigenvalue weighted by Gasteiger charge is 2.30. The lowest BCUT2D eigenvalue weighted by Crippen LogP contribution is -2.16. The van der Waals surface area contributed by atoms with Gasteiger partial charge in [0.2, 0.25) is 0 Å². The lowest BCUT2D eigenvalue weighted by molar-refractivity contribution is -0.128. The van der Waals surface area contributed by atoms with Gasteiger partial charge < -0.3 is 9.47 Å². The van der Waals surface area contributed by atoms with Crippen molar-refractivity contribution in [2.45, 2.75) is 19.3 Å². The van der Waals surface area contributed by atoms with Crippen LogP contribution < -0.4 is 9.47 Å². The summed E-state index contributed by atoms with van der Waals surface area (Å²) in [4.78, 5) is 16.7. The number of rotatable bonds is 7. The zero-order chi connectivity index (χ0) is 24.4. The molecule has 4 aromatic rings. The number of halogens is 1. The molecule has 1 saturated carbocycles. The fourth-order valence-corrected chi connectivity index (χ4v) is 5.41. The van der Waals surface area contributed by atoms with Gasteiger partial charge in [-0.15, -0.1) is 11.3 Å². The smallest absolute Gasteiger partial charge is 0.335 e. The summed E-state index contributed by atoms with van der Waals surface area (Å²) in [7, 11) is 1.63. The number of fused-ring (bicyclic) bond motifs is 1. The molecule has 0 radical (unpaired) electrons. The highest BCUT2D eigenvalue weighted by Crippen LogP contribution is 2.48. The first kappa shape index (κ1) is 23.3. The second kappa shape index (κ2) is 10.1. The average Bonchev–Trinajstić information content (AvgIpc) is 3.31. The SMILES string of the molecule is C=CC(=O)Oc1ccccc1/C(=C(/c1ccc(OC)cc1Cl)C1CCC1)c1ccc2scnc2c1. The van der Waals surface area contributed by atoms with E-state index in [1.165, 1.54) is 6.08 Å². The van der Waals surface area contributed by atoms with Gasteiger partial charge in [-0.2, -0.15) is 0 Å². The van der Waals surface area contributed by atoms with Gasteiger partial charge >= 0.3 is 5.97 Å². The number of thiazole rings is 1. The number of hydrogen-bond donors (Lipinski definition) is 0. The van der Waals surface area contributed by atoms with Crippen LogP contribution in [0, 0.1) is 5.92 Å². The van der Waals surface area contributed by atoms with E-state index >= 15 is 0 Å². The molecule has 1 aliphatic carbocycles. The summed E-state index contributed by atoms with van der Waals surface area (Å²) in [5.74, 6) is 1.01. The minimum absolute atomic E-state index is 0.324. The van der Waals surface area contributed by atoms with Crippen molar-refractivity contribution in [1.82, 2.24) is 4.98 Å². The van der Waals surface area contributed by atoms with Gasteiger partial charge in [0.1, 0.15) is 11.5 Å². The van der Waals surface area contributed by atoms with Crippen LogP contribution in [-0.2, 0) is 4.79 Å². The Morgan fingerprint density at radius 3 is 2.66 bits per heavy atom. The van der Waals surface area contributed by atoms with Crippen molar-refractivity contribution in [3.8, 4) is 11.5 Å². The maximum Gasteiger partial charge on any atom is 0.335 e. The molecule has 1 fully saturated rings. The third-order valence-corrected chi connectivity index (χ3v) is 7.52. The first-order valence-corrected chi connectivity index (χ1v) is 12.7. The Hall–Kier alpha value is -3.41. The molecular weight excluding hydrogens is 478 g/mol. The summed E-state index contributed by atoms with van der Waals surface area (Å²) in [6.07, 6.45) is 4.46. The van der Waals surface area contributed by atoms with E-state index in [1.807, 2.05) is 48.0 Å².